The average molecular weight is 426 g/mol. The van der Waals surface area contributed by atoms with Gasteiger partial charge in [-0.1, -0.05) is 65.9 Å². The fourth-order valence-corrected chi connectivity index (χ4v) is 4.13. The Morgan fingerprint density at radius 1 is 0.806 bits per heavy atom. The first kappa shape index (κ1) is 19.1. The Morgan fingerprint density at radius 2 is 1.48 bits per heavy atom. The van der Waals surface area contributed by atoms with Crippen molar-refractivity contribution in [3.8, 4) is 33.2 Å². The van der Waals surface area contributed by atoms with Crippen LogP contribution >= 0.6 is 11.3 Å². The molecule has 2 aromatic carbocycles. The Hall–Kier alpha value is -3.90. The van der Waals surface area contributed by atoms with Crippen LogP contribution in [0.25, 0.3) is 33.2 Å². The zero-order valence-corrected chi connectivity index (χ0v) is 17.6. The maximum absolute atomic E-state index is 5.58. The molecule has 0 amide bonds. The molecule has 0 aliphatic heterocycles. The van der Waals surface area contributed by atoms with Gasteiger partial charge < -0.3 is 8.83 Å². The molecule has 1 N–H and O–H groups in total. The molecular weight excluding hydrogens is 406 g/mol. The van der Waals surface area contributed by atoms with Crippen LogP contribution < -0.4 is 5.43 Å². The topological polar surface area (TPSA) is 63.6 Å². The van der Waals surface area contributed by atoms with Gasteiger partial charge in [0.25, 0.3) is 0 Å². The maximum atomic E-state index is 5.58. The number of nitrogens with one attached hydrogen (secondary N) is 1. The second-order valence-electron chi connectivity index (χ2n) is 6.90. The van der Waals surface area contributed by atoms with E-state index in [1.165, 1.54) is 22.5 Å². The highest BCUT2D eigenvalue weighted by molar-refractivity contribution is 7.19. The Labute approximate surface area is 183 Å². The molecule has 5 nitrogen and oxygen atoms in total. The molecule has 0 spiro atoms. The first-order chi connectivity index (χ1) is 15.3. The predicted molar refractivity (Wildman–Crippen MR) is 125 cm³/mol. The van der Waals surface area contributed by atoms with Crippen molar-refractivity contribution >= 4 is 22.2 Å². The van der Waals surface area contributed by atoms with Gasteiger partial charge in [-0.2, -0.15) is 5.10 Å². The summed E-state index contributed by atoms with van der Waals surface area (Å²) in [5, 5.41) is 5.20. The maximum Gasteiger partial charge on any atom is 0.204 e. The van der Waals surface area contributed by atoms with E-state index in [0.717, 1.165) is 27.6 Å². The zero-order chi connectivity index (χ0) is 21.0. The third-order valence-corrected chi connectivity index (χ3v) is 5.83. The molecule has 152 valence electrons. The second-order valence-corrected chi connectivity index (χ2v) is 7.90. The molecule has 0 saturated carbocycles. The van der Waals surface area contributed by atoms with Gasteiger partial charge in [0.05, 0.1) is 18.2 Å². The van der Waals surface area contributed by atoms with Crippen molar-refractivity contribution in [1.82, 2.24) is 4.98 Å². The van der Waals surface area contributed by atoms with Gasteiger partial charge in [-0.3, -0.25) is 5.43 Å². The van der Waals surface area contributed by atoms with Crippen LogP contribution in [0.2, 0.25) is 0 Å². The molecule has 0 bridgehead atoms. The smallest absolute Gasteiger partial charge is 0.204 e. The molecule has 0 aliphatic carbocycles. The third-order valence-electron chi connectivity index (χ3n) is 4.86. The van der Waals surface area contributed by atoms with Crippen LogP contribution in [-0.2, 0) is 0 Å². The molecular formula is C25H19N3O2S. The van der Waals surface area contributed by atoms with Gasteiger partial charge >= 0.3 is 0 Å². The van der Waals surface area contributed by atoms with E-state index in [9.17, 15) is 0 Å². The highest BCUT2D eigenvalue weighted by atomic mass is 32.1. The number of hydrogen-bond acceptors (Lipinski definition) is 6. The van der Waals surface area contributed by atoms with Gasteiger partial charge in [0.2, 0.25) is 5.13 Å². The lowest BCUT2D eigenvalue weighted by Gasteiger charge is -2.04. The van der Waals surface area contributed by atoms with Crippen molar-refractivity contribution in [1.29, 1.82) is 0 Å². The summed E-state index contributed by atoms with van der Waals surface area (Å²) in [5.74, 6) is 1.43. The van der Waals surface area contributed by atoms with E-state index in [1.807, 2.05) is 49.4 Å². The highest BCUT2D eigenvalue weighted by Gasteiger charge is 2.18. The molecule has 0 atom stereocenters. The van der Waals surface area contributed by atoms with Crippen molar-refractivity contribution < 1.29 is 8.83 Å². The third kappa shape index (κ3) is 4.06. The van der Waals surface area contributed by atoms with E-state index >= 15 is 0 Å². The van der Waals surface area contributed by atoms with E-state index in [2.05, 4.69) is 51.9 Å². The summed E-state index contributed by atoms with van der Waals surface area (Å²) in [6.45, 7) is 1.97. The van der Waals surface area contributed by atoms with E-state index < -0.39 is 0 Å². The van der Waals surface area contributed by atoms with Crippen LogP contribution in [0.4, 0.5) is 5.13 Å². The molecule has 6 heteroatoms. The van der Waals surface area contributed by atoms with Crippen LogP contribution in [0, 0.1) is 0 Å². The number of hydrazone groups is 1. The van der Waals surface area contributed by atoms with Gasteiger partial charge in [-0.15, -0.1) is 0 Å². The molecule has 0 fully saturated rings. The van der Waals surface area contributed by atoms with E-state index in [-0.39, 0.29) is 0 Å². The lowest BCUT2D eigenvalue weighted by molar-refractivity contribution is 0.575. The summed E-state index contributed by atoms with van der Waals surface area (Å²) in [5.41, 5.74) is 8.10. The molecule has 0 unspecified atom stereocenters. The van der Waals surface area contributed by atoms with Gasteiger partial charge in [-0.05, 0) is 47.9 Å². The van der Waals surface area contributed by atoms with Crippen molar-refractivity contribution in [2.45, 2.75) is 6.92 Å². The number of benzene rings is 2. The lowest BCUT2D eigenvalue weighted by Crippen LogP contribution is -1.99. The van der Waals surface area contributed by atoms with Gasteiger partial charge in [0.15, 0.2) is 5.76 Å². The van der Waals surface area contributed by atoms with Gasteiger partial charge in [0.1, 0.15) is 16.3 Å². The summed E-state index contributed by atoms with van der Waals surface area (Å²) in [7, 11) is 0. The number of furan rings is 2. The molecule has 5 aromatic rings. The normalized spacial score (nSPS) is 11.6. The van der Waals surface area contributed by atoms with Gasteiger partial charge in [-0.25, -0.2) is 4.98 Å². The summed E-state index contributed by atoms with van der Waals surface area (Å²) in [6, 6.07) is 26.2. The number of nitrogens with zero attached hydrogens (tertiary/aromatic N) is 2. The summed E-state index contributed by atoms with van der Waals surface area (Å²) in [6.07, 6.45) is 3.28. The quantitative estimate of drug-likeness (QED) is 0.231. The molecule has 5 rings (SSSR count). The minimum absolute atomic E-state index is 0.665. The lowest BCUT2D eigenvalue weighted by atomic mass is 10.0. The monoisotopic (exact) mass is 425 g/mol. The summed E-state index contributed by atoms with van der Waals surface area (Å²) >= 11 is 1.47. The van der Waals surface area contributed by atoms with Crippen molar-refractivity contribution in [3.05, 3.63) is 97.0 Å². The van der Waals surface area contributed by atoms with Crippen LogP contribution in [0.15, 0.2) is 105 Å². The second kappa shape index (κ2) is 8.45. The molecule has 3 heterocycles. The van der Waals surface area contributed by atoms with Crippen molar-refractivity contribution in [3.63, 3.8) is 0 Å². The summed E-state index contributed by atoms with van der Waals surface area (Å²) < 4.78 is 11.1. The molecule has 0 saturated heterocycles. The van der Waals surface area contributed by atoms with Crippen LogP contribution in [0.3, 0.4) is 0 Å². The Balaban J connectivity index is 1.38. The largest absolute Gasteiger partial charge is 0.463 e. The number of thiazole rings is 1. The zero-order valence-electron chi connectivity index (χ0n) is 16.8. The van der Waals surface area contributed by atoms with E-state index in [1.54, 1.807) is 12.5 Å². The van der Waals surface area contributed by atoms with Crippen LogP contribution in [-0.4, -0.2) is 10.7 Å². The molecule has 0 radical (unpaired) electrons. The first-order valence-electron chi connectivity index (χ1n) is 9.83. The fourth-order valence-electron chi connectivity index (χ4n) is 3.25. The van der Waals surface area contributed by atoms with Crippen LogP contribution in [0.1, 0.15) is 12.5 Å². The van der Waals surface area contributed by atoms with Crippen molar-refractivity contribution in [2.24, 2.45) is 5.10 Å². The molecule has 0 aliphatic rings. The number of anilines is 1. The Kier molecular flexibility index (Phi) is 5.21. The van der Waals surface area contributed by atoms with Gasteiger partial charge in [0, 0.05) is 0 Å². The van der Waals surface area contributed by atoms with E-state index in [0.29, 0.717) is 10.9 Å². The Morgan fingerprint density at radius 3 is 2.16 bits per heavy atom. The number of rotatable bonds is 6. The SMILES string of the molecule is C/C(=N/Nc1nc(-c2ccco2)c(-c2ccco2)s1)c1ccc(-c2ccccc2)cc1. The average Bonchev–Trinajstić information content (AvgIpc) is 3.59. The summed E-state index contributed by atoms with van der Waals surface area (Å²) in [4.78, 5) is 5.57. The van der Waals surface area contributed by atoms with Crippen LogP contribution in [0.5, 0.6) is 0 Å². The van der Waals surface area contributed by atoms with E-state index in [4.69, 9.17) is 8.83 Å². The van der Waals surface area contributed by atoms with Crippen molar-refractivity contribution in [2.75, 3.05) is 5.43 Å². The standard InChI is InChI=1S/C25H19N3O2S/c1-17(18-11-13-20(14-12-18)19-7-3-2-4-8-19)27-28-25-26-23(21-9-5-15-29-21)24(31-25)22-10-6-16-30-22/h2-16H,1H3,(H,26,28)/b27-17-. The highest BCUT2D eigenvalue weighted by Crippen LogP contribution is 2.39. The predicted octanol–water partition coefficient (Wildman–Crippen LogP) is 7.17. The Bertz CT molecular complexity index is 1240. The minimum Gasteiger partial charge on any atom is -0.463 e. The number of aromatic nitrogens is 1. The first-order valence-corrected chi connectivity index (χ1v) is 10.6. The molecule has 3 aromatic heterocycles. The molecule has 31 heavy (non-hydrogen) atoms. The number of hydrogen-bond donors (Lipinski definition) is 1. The fraction of sp³-hybridized carbons (Fsp3) is 0.0400. The minimum atomic E-state index is 0.665.